The molecule has 65 heavy (non-hydrogen) atoms. The van der Waals surface area contributed by atoms with Crippen molar-refractivity contribution in [1.29, 1.82) is 0 Å². The van der Waals surface area contributed by atoms with Gasteiger partial charge in [-0.25, -0.2) is 13.9 Å². The SMILES string of the molecule is CC(=O)NC(CSc1nc2c(=O)[nH]c(N)nc2n1Cc1ccc(F)cc1)C(=O)NCCCOCCOCCOCCCNC(=O)c1ccc(-c2cc[n+](C)cc2)cc1.O=C([O-])C(F)(F)F. The first-order chi connectivity index (χ1) is 31.0. The van der Waals surface area contributed by atoms with Gasteiger partial charge in [0.15, 0.2) is 28.7 Å². The van der Waals surface area contributed by atoms with E-state index in [0.29, 0.717) is 76.3 Å². The highest BCUT2D eigenvalue weighted by Gasteiger charge is 2.29. The minimum atomic E-state index is -5.19. The second-order valence-electron chi connectivity index (χ2n) is 14.0. The van der Waals surface area contributed by atoms with E-state index in [1.54, 1.807) is 16.7 Å². The van der Waals surface area contributed by atoms with Crippen molar-refractivity contribution in [3.05, 3.63) is 100 Å². The van der Waals surface area contributed by atoms with Crippen LogP contribution in [0.4, 0.5) is 23.5 Å². The van der Waals surface area contributed by atoms with E-state index < -0.39 is 29.7 Å². The van der Waals surface area contributed by atoms with Gasteiger partial charge in [-0.3, -0.25) is 28.7 Å². The third kappa shape index (κ3) is 17.6. The van der Waals surface area contributed by atoms with E-state index in [1.165, 1.54) is 19.1 Å². The molecule has 0 spiro atoms. The highest BCUT2D eigenvalue weighted by atomic mass is 32.2. The third-order valence-electron chi connectivity index (χ3n) is 8.87. The van der Waals surface area contributed by atoms with E-state index in [1.807, 2.05) is 60.4 Å². The number of thioether (sulfide) groups is 1. The molecule has 1 atom stereocenters. The summed E-state index contributed by atoms with van der Waals surface area (Å²) in [5, 5.41) is 17.6. The van der Waals surface area contributed by atoms with Crippen LogP contribution in [0.3, 0.4) is 0 Å². The average molecular weight is 932 g/mol. The molecule has 0 bridgehead atoms. The number of alkyl halides is 3. The lowest BCUT2D eigenvalue weighted by molar-refractivity contribution is -0.671. The van der Waals surface area contributed by atoms with E-state index in [-0.39, 0.29) is 47.0 Å². The fourth-order valence-electron chi connectivity index (χ4n) is 5.66. The second kappa shape index (κ2) is 25.8. The van der Waals surface area contributed by atoms with E-state index in [9.17, 15) is 36.7 Å². The molecule has 0 radical (unpaired) electrons. The van der Waals surface area contributed by atoms with Crippen LogP contribution in [-0.2, 0) is 42.2 Å². The number of aromatic nitrogens is 5. The van der Waals surface area contributed by atoms with Crippen molar-refractivity contribution in [3.63, 3.8) is 0 Å². The number of halogens is 4. The first-order valence-electron chi connectivity index (χ1n) is 20.0. The van der Waals surface area contributed by atoms with Gasteiger partial charge in [-0.05, 0) is 53.8 Å². The van der Waals surface area contributed by atoms with E-state index in [2.05, 4.69) is 30.9 Å². The van der Waals surface area contributed by atoms with Crippen molar-refractivity contribution in [2.24, 2.45) is 7.05 Å². The number of hydrogen-bond acceptors (Lipinski definition) is 13. The molecule has 3 aromatic heterocycles. The van der Waals surface area contributed by atoms with Crippen LogP contribution in [0.2, 0.25) is 0 Å². The maximum absolute atomic E-state index is 13.5. The van der Waals surface area contributed by atoms with Crippen molar-refractivity contribution in [3.8, 4) is 11.1 Å². The van der Waals surface area contributed by atoms with E-state index in [4.69, 9.17) is 29.8 Å². The predicted molar refractivity (Wildman–Crippen MR) is 228 cm³/mol. The first-order valence-corrected chi connectivity index (χ1v) is 21.0. The summed E-state index contributed by atoms with van der Waals surface area (Å²) in [5.41, 5.74) is 9.04. The number of ether oxygens (including phenoxy) is 3. The van der Waals surface area contributed by atoms with Gasteiger partial charge in [0.2, 0.25) is 17.8 Å². The molecule has 0 fully saturated rings. The molecule has 23 heteroatoms. The number of benzene rings is 2. The smallest absolute Gasteiger partial charge is 0.430 e. The quantitative estimate of drug-likeness (QED) is 0.0271. The molecule has 3 amide bonds. The number of nitrogen functional groups attached to an aromatic ring is 1. The summed E-state index contributed by atoms with van der Waals surface area (Å²) in [5.74, 6) is -4.29. The van der Waals surface area contributed by atoms with Gasteiger partial charge in [-0.15, -0.1) is 0 Å². The number of aliphatic carboxylic acids is 1. The van der Waals surface area contributed by atoms with Crippen LogP contribution in [0.1, 0.15) is 35.7 Å². The van der Waals surface area contributed by atoms with Crippen molar-refractivity contribution >= 4 is 52.6 Å². The van der Waals surface area contributed by atoms with Crippen molar-refractivity contribution < 1.29 is 60.6 Å². The fourth-order valence-corrected chi connectivity index (χ4v) is 6.67. The number of pyridine rings is 1. The Balaban J connectivity index is 0.00000122. The number of carbonyl (C=O) groups excluding carboxylic acids is 4. The Bertz CT molecular complexity index is 2380. The monoisotopic (exact) mass is 931 g/mol. The van der Waals surface area contributed by atoms with Crippen molar-refractivity contribution in [2.45, 2.75) is 43.7 Å². The number of hydrogen-bond donors (Lipinski definition) is 5. The van der Waals surface area contributed by atoms with Gasteiger partial charge in [0.1, 0.15) is 24.9 Å². The van der Waals surface area contributed by atoms with E-state index >= 15 is 0 Å². The number of fused-ring (bicyclic) bond motifs is 1. The number of nitrogens with one attached hydrogen (secondary N) is 4. The number of rotatable bonds is 23. The van der Waals surface area contributed by atoms with Crippen LogP contribution in [0.5, 0.6) is 0 Å². The number of nitrogens with two attached hydrogens (primary N) is 1. The van der Waals surface area contributed by atoms with E-state index in [0.717, 1.165) is 28.5 Å². The standard InChI is InChI=1S/C40H48FN9O7S.C2HF3O2/c1-27(51)45-33(26-58-40-46-34-35(47-39(42)48-38(34)54)50(40)25-28-5-11-32(41)12-6-28)37(53)44-16-4-20-56-22-24-57-23-21-55-19-3-15-43-36(52)31-9-7-29(8-10-31)30-13-17-49(2)18-14-30;3-2(4,5)1(6)7/h5-14,17-18,33H,3-4,15-16,19-26H2,1-2H3,(H5-,42,43,44,45,47,48,51,52,53,54);(H,6,7). The normalized spacial score (nSPS) is 11.7. The second-order valence-corrected chi connectivity index (χ2v) is 15.0. The fraction of sp³-hybridized carbons (Fsp3) is 0.381. The highest BCUT2D eigenvalue weighted by Crippen LogP contribution is 2.24. The summed E-state index contributed by atoms with van der Waals surface area (Å²) in [7, 11) is 1.97. The number of carbonyl (C=O) groups is 4. The maximum Gasteiger partial charge on any atom is 0.430 e. The lowest BCUT2D eigenvalue weighted by Gasteiger charge is -2.17. The van der Waals surface area contributed by atoms with Crippen molar-refractivity contribution in [2.75, 3.05) is 64.2 Å². The Labute approximate surface area is 374 Å². The molecule has 350 valence electrons. The number of imidazole rings is 1. The molecule has 18 nitrogen and oxygen atoms in total. The van der Waals surface area contributed by atoms with Crippen LogP contribution >= 0.6 is 11.8 Å². The summed E-state index contributed by atoms with van der Waals surface area (Å²) in [6, 6.07) is 16.6. The molecule has 0 aliphatic carbocycles. The summed E-state index contributed by atoms with van der Waals surface area (Å²) in [6.07, 6.45) is -0.0213. The predicted octanol–water partition coefficient (Wildman–Crippen LogP) is 1.65. The third-order valence-corrected chi connectivity index (χ3v) is 9.94. The number of carboxylic acids is 1. The molecule has 0 aliphatic heterocycles. The first kappa shape index (κ1) is 51.2. The number of amides is 3. The highest BCUT2D eigenvalue weighted by molar-refractivity contribution is 7.99. The summed E-state index contributed by atoms with van der Waals surface area (Å²) < 4.78 is 65.5. The molecular weight excluding hydrogens is 883 g/mol. The molecule has 6 N–H and O–H groups in total. The van der Waals surface area contributed by atoms with Crippen LogP contribution in [0.15, 0.2) is 83.0 Å². The van der Waals surface area contributed by atoms with Crippen molar-refractivity contribution in [1.82, 2.24) is 35.5 Å². The number of aryl methyl sites for hydroxylation is 1. The molecule has 1 unspecified atom stereocenters. The minimum absolute atomic E-state index is 0.0596. The van der Waals surface area contributed by atoms with Gasteiger partial charge in [-0.2, -0.15) is 18.2 Å². The zero-order valence-electron chi connectivity index (χ0n) is 35.5. The summed E-state index contributed by atoms with van der Waals surface area (Å²) >= 11 is 1.16. The van der Waals surface area contributed by atoms with Gasteiger partial charge >= 0.3 is 6.18 Å². The Morgan fingerprint density at radius 3 is 1.98 bits per heavy atom. The molecule has 5 aromatic rings. The van der Waals surface area contributed by atoms with Gasteiger partial charge in [0, 0.05) is 56.7 Å². The van der Waals surface area contributed by atoms with Crippen LogP contribution in [0.25, 0.3) is 22.3 Å². The van der Waals surface area contributed by atoms with Crippen LogP contribution < -0.4 is 36.9 Å². The average Bonchev–Trinajstić information content (AvgIpc) is 3.60. The van der Waals surface area contributed by atoms with Crippen LogP contribution in [0, 0.1) is 5.82 Å². The molecule has 0 aliphatic rings. The number of carboxylic acid groups (broad SMARTS) is 1. The molecule has 0 saturated heterocycles. The zero-order valence-corrected chi connectivity index (χ0v) is 36.3. The molecule has 2 aromatic carbocycles. The topological polar surface area (TPSA) is 249 Å². The Morgan fingerprint density at radius 2 is 1.42 bits per heavy atom. The molecule has 5 rings (SSSR count). The summed E-state index contributed by atoms with van der Waals surface area (Å²) in [6.45, 7) is 4.80. The Morgan fingerprint density at radius 1 is 0.862 bits per heavy atom. The Hall–Kier alpha value is -6.43. The number of aromatic amines is 1. The number of nitrogens with zero attached hydrogens (tertiary/aromatic N) is 4. The maximum atomic E-state index is 13.5. The number of anilines is 1. The van der Waals surface area contributed by atoms with Gasteiger partial charge in [0.25, 0.3) is 11.5 Å². The minimum Gasteiger partial charge on any atom is -0.542 e. The largest absolute Gasteiger partial charge is 0.542 e. The summed E-state index contributed by atoms with van der Waals surface area (Å²) in [4.78, 5) is 70.0. The van der Waals surface area contributed by atoms with Crippen LogP contribution in [-0.4, -0.2) is 114 Å². The van der Waals surface area contributed by atoms with Gasteiger partial charge in [0.05, 0.1) is 33.0 Å². The molecule has 0 saturated carbocycles. The molecular formula is C42H49F4N9O9S. The molecule has 3 heterocycles. The lowest BCUT2D eigenvalue weighted by Crippen LogP contribution is -2.48. The lowest BCUT2D eigenvalue weighted by atomic mass is 10.0. The van der Waals surface area contributed by atoms with Gasteiger partial charge in [-0.1, -0.05) is 36.0 Å². The zero-order chi connectivity index (χ0) is 47.4. The van der Waals surface area contributed by atoms with Gasteiger partial charge < -0.3 is 45.8 Å². The Kier molecular flexibility index (Phi) is 20.3. The number of H-pyrrole nitrogens is 1.